The molecular formula is C23H20ClN5O3. The maximum absolute atomic E-state index is 12.9. The van der Waals surface area contributed by atoms with Crippen molar-refractivity contribution in [1.82, 2.24) is 14.9 Å². The highest BCUT2D eigenvalue weighted by atomic mass is 35.5. The van der Waals surface area contributed by atoms with Gasteiger partial charge in [0.1, 0.15) is 11.8 Å². The molecule has 2 heterocycles. The van der Waals surface area contributed by atoms with E-state index in [-0.39, 0.29) is 23.0 Å². The fourth-order valence-electron chi connectivity index (χ4n) is 3.55. The van der Waals surface area contributed by atoms with E-state index in [9.17, 15) is 9.59 Å². The molecule has 0 aliphatic carbocycles. The van der Waals surface area contributed by atoms with Crippen LogP contribution in [0, 0.1) is 11.3 Å². The Morgan fingerprint density at radius 2 is 2.09 bits per heavy atom. The fraction of sp³-hybridized carbons (Fsp3) is 0.217. The monoisotopic (exact) mass is 449 g/mol. The number of H-pyrrole nitrogens is 1. The van der Waals surface area contributed by atoms with E-state index in [1.807, 2.05) is 30.3 Å². The van der Waals surface area contributed by atoms with E-state index in [0.717, 1.165) is 11.3 Å². The molecule has 0 saturated carbocycles. The molecule has 1 aliphatic heterocycles. The first-order valence-corrected chi connectivity index (χ1v) is 10.3. The first-order chi connectivity index (χ1) is 15.5. The zero-order valence-corrected chi connectivity index (χ0v) is 18.1. The lowest BCUT2D eigenvalue weighted by atomic mass is 10.0. The molecule has 0 saturated heterocycles. The van der Waals surface area contributed by atoms with E-state index in [4.69, 9.17) is 21.6 Å². The molecule has 0 bridgehead atoms. The van der Waals surface area contributed by atoms with Gasteiger partial charge in [-0.15, -0.1) is 0 Å². The third-order valence-corrected chi connectivity index (χ3v) is 5.63. The van der Waals surface area contributed by atoms with Crippen LogP contribution in [-0.4, -0.2) is 34.4 Å². The van der Waals surface area contributed by atoms with E-state index >= 15 is 0 Å². The molecule has 9 heteroatoms. The number of hydrogen-bond acceptors (Lipinski definition) is 6. The average Bonchev–Trinajstić information content (AvgIpc) is 2.82. The summed E-state index contributed by atoms with van der Waals surface area (Å²) < 4.78 is 5.16. The van der Waals surface area contributed by atoms with Crippen molar-refractivity contribution < 1.29 is 9.53 Å². The Bertz CT molecular complexity index is 1260. The number of anilines is 1. The lowest BCUT2D eigenvalue weighted by Crippen LogP contribution is -2.39. The first kappa shape index (κ1) is 21.4. The summed E-state index contributed by atoms with van der Waals surface area (Å²) in [4.78, 5) is 34.4. The fourth-order valence-corrected chi connectivity index (χ4v) is 3.77. The second-order valence-electron chi connectivity index (χ2n) is 7.32. The van der Waals surface area contributed by atoms with Gasteiger partial charge in [-0.25, -0.2) is 4.98 Å². The Morgan fingerprint density at radius 3 is 2.78 bits per heavy atom. The Morgan fingerprint density at radius 1 is 1.31 bits per heavy atom. The van der Waals surface area contributed by atoms with E-state index in [0.29, 0.717) is 47.8 Å². The predicted octanol–water partition coefficient (Wildman–Crippen LogP) is 3.11. The van der Waals surface area contributed by atoms with Gasteiger partial charge in [-0.05, 0) is 42.3 Å². The van der Waals surface area contributed by atoms with Crippen molar-refractivity contribution in [1.29, 1.82) is 5.26 Å². The topological polar surface area (TPSA) is 111 Å². The molecule has 2 N–H and O–H groups in total. The van der Waals surface area contributed by atoms with E-state index in [2.05, 4.69) is 15.3 Å². The summed E-state index contributed by atoms with van der Waals surface area (Å²) in [6.45, 7) is 1.08. The average molecular weight is 450 g/mol. The van der Waals surface area contributed by atoms with Gasteiger partial charge >= 0.3 is 0 Å². The SMILES string of the molecule is COc1ccc(CNc2nc3c(c(=O)[nH]2)CCN(C(=O)c2ccc(C#N)c(Cl)c2)C3)cc1. The quantitative estimate of drug-likeness (QED) is 0.619. The van der Waals surface area contributed by atoms with Crippen LogP contribution in [0.15, 0.2) is 47.3 Å². The minimum Gasteiger partial charge on any atom is -0.497 e. The molecule has 0 unspecified atom stereocenters. The molecule has 162 valence electrons. The van der Waals surface area contributed by atoms with Gasteiger partial charge in [0.15, 0.2) is 0 Å². The van der Waals surface area contributed by atoms with Crippen LogP contribution in [0.2, 0.25) is 5.02 Å². The molecule has 0 spiro atoms. The number of amides is 1. The van der Waals surface area contributed by atoms with Crippen molar-refractivity contribution in [3.63, 3.8) is 0 Å². The Hall–Kier alpha value is -3.83. The van der Waals surface area contributed by atoms with Crippen LogP contribution in [0.5, 0.6) is 5.75 Å². The molecule has 3 aromatic rings. The van der Waals surface area contributed by atoms with Gasteiger partial charge in [-0.1, -0.05) is 23.7 Å². The number of aromatic nitrogens is 2. The number of nitriles is 1. The highest BCUT2D eigenvalue weighted by molar-refractivity contribution is 6.32. The predicted molar refractivity (Wildman–Crippen MR) is 120 cm³/mol. The number of ether oxygens (including phenoxy) is 1. The Kier molecular flexibility index (Phi) is 6.10. The van der Waals surface area contributed by atoms with Crippen molar-refractivity contribution in [2.45, 2.75) is 19.5 Å². The smallest absolute Gasteiger partial charge is 0.255 e. The second kappa shape index (κ2) is 9.12. The van der Waals surface area contributed by atoms with E-state index < -0.39 is 0 Å². The van der Waals surface area contributed by atoms with Gasteiger partial charge in [-0.2, -0.15) is 5.26 Å². The summed E-state index contributed by atoms with van der Waals surface area (Å²) in [5.74, 6) is 0.888. The van der Waals surface area contributed by atoms with Gasteiger partial charge < -0.3 is 15.0 Å². The van der Waals surface area contributed by atoms with Crippen LogP contribution in [0.3, 0.4) is 0 Å². The molecule has 2 aromatic carbocycles. The van der Waals surface area contributed by atoms with E-state index in [1.54, 1.807) is 18.1 Å². The lowest BCUT2D eigenvalue weighted by Gasteiger charge is -2.28. The normalized spacial score (nSPS) is 12.6. The zero-order valence-electron chi connectivity index (χ0n) is 17.3. The number of nitrogens with one attached hydrogen (secondary N) is 2. The second-order valence-corrected chi connectivity index (χ2v) is 7.73. The molecule has 1 amide bonds. The standard InChI is InChI=1S/C23H20ClN5O3/c1-32-17-6-2-14(3-7-17)12-26-23-27-20-13-29(9-8-18(20)21(30)28-23)22(31)15-4-5-16(11-25)19(24)10-15/h2-7,10H,8-9,12-13H2,1H3,(H2,26,27,28,30). The summed E-state index contributed by atoms with van der Waals surface area (Å²) in [7, 11) is 1.61. The number of nitrogens with zero attached hydrogens (tertiary/aromatic N) is 3. The molecule has 1 aliphatic rings. The summed E-state index contributed by atoms with van der Waals surface area (Å²) in [6, 6.07) is 14.1. The molecular weight excluding hydrogens is 430 g/mol. The minimum atomic E-state index is -0.225. The van der Waals surface area contributed by atoms with Crippen molar-refractivity contribution >= 4 is 23.5 Å². The van der Waals surface area contributed by atoms with Crippen molar-refractivity contribution in [3.8, 4) is 11.8 Å². The third-order valence-electron chi connectivity index (χ3n) is 5.32. The van der Waals surface area contributed by atoms with Gasteiger partial charge in [0.05, 0.1) is 29.9 Å². The number of carbonyl (C=O) groups is 1. The van der Waals surface area contributed by atoms with Crippen LogP contribution in [-0.2, 0) is 19.5 Å². The number of fused-ring (bicyclic) bond motifs is 1. The molecule has 0 radical (unpaired) electrons. The molecule has 0 fully saturated rings. The maximum Gasteiger partial charge on any atom is 0.255 e. The van der Waals surface area contributed by atoms with Crippen molar-refractivity contribution in [2.75, 3.05) is 19.0 Å². The summed E-state index contributed by atoms with van der Waals surface area (Å²) in [6.07, 6.45) is 0.409. The number of methoxy groups -OCH3 is 1. The number of aromatic amines is 1. The lowest BCUT2D eigenvalue weighted by molar-refractivity contribution is 0.0731. The van der Waals surface area contributed by atoms with Crippen molar-refractivity contribution in [2.24, 2.45) is 0 Å². The number of carbonyl (C=O) groups excluding carboxylic acids is 1. The van der Waals surface area contributed by atoms with Gasteiger partial charge in [0.25, 0.3) is 11.5 Å². The number of benzene rings is 2. The number of hydrogen-bond donors (Lipinski definition) is 2. The van der Waals surface area contributed by atoms with Crippen LogP contribution in [0.25, 0.3) is 0 Å². The van der Waals surface area contributed by atoms with Gasteiger partial charge in [-0.3, -0.25) is 14.6 Å². The summed E-state index contributed by atoms with van der Waals surface area (Å²) in [5.41, 5.74) is 2.64. The number of rotatable bonds is 5. The molecule has 32 heavy (non-hydrogen) atoms. The molecule has 1 aromatic heterocycles. The van der Waals surface area contributed by atoms with Crippen LogP contribution in [0.4, 0.5) is 5.95 Å². The largest absolute Gasteiger partial charge is 0.497 e. The zero-order chi connectivity index (χ0) is 22.7. The van der Waals surface area contributed by atoms with Crippen molar-refractivity contribution in [3.05, 3.63) is 85.8 Å². The van der Waals surface area contributed by atoms with E-state index in [1.165, 1.54) is 12.1 Å². The Balaban J connectivity index is 1.50. The Labute approximate surface area is 189 Å². The van der Waals surface area contributed by atoms with Gasteiger partial charge in [0, 0.05) is 24.2 Å². The first-order valence-electron chi connectivity index (χ1n) is 9.96. The minimum absolute atomic E-state index is 0.208. The maximum atomic E-state index is 12.9. The van der Waals surface area contributed by atoms with Crippen LogP contribution in [0.1, 0.15) is 32.7 Å². The number of halogens is 1. The van der Waals surface area contributed by atoms with Gasteiger partial charge in [0.2, 0.25) is 5.95 Å². The highest BCUT2D eigenvalue weighted by Gasteiger charge is 2.25. The molecule has 8 nitrogen and oxygen atoms in total. The van der Waals surface area contributed by atoms with Crippen LogP contribution < -0.4 is 15.6 Å². The third kappa shape index (κ3) is 4.43. The summed E-state index contributed by atoms with van der Waals surface area (Å²) in [5, 5.41) is 12.4. The molecule has 0 atom stereocenters. The van der Waals surface area contributed by atoms with Crippen LogP contribution >= 0.6 is 11.6 Å². The summed E-state index contributed by atoms with van der Waals surface area (Å²) >= 11 is 6.07. The highest BCUT2D eigenvalue weighted by Crippen LogP contribution is 2.21. The molecule has 4 rings (SSSR count).